The summed E-state index contributed by atoms with van der Waals surface area (Å²) in [5, 5.41) is 4.29. The molecular weight excluding hydrogens is 219 g/mol. The van der Waals surface area contributed by atoms with Gasteiger partial charge in [0.25, 0.3) is 0 Å². The van der Waals surface area contributed by atoms with Crippen molar-refractivity contribution in [3.63, 3.8) is 0 Å². The van der Waals surface area contributed by atoms with E-state index < -0.39 is 0 Å². The molecule has 2 aromatic rings. The van der Waals surface area contributed by atoms with Gasteiger partial charge in [0.2, 0.25) is 5.91 Å². The van der Waals surface area contributed by atoms with Gasteiger partial charge in [-0.15, -0.1) is 0 Å². The summed E-state index contributed by atoms with van der Waals surface area (Å²) in [6.07, 6.45) is 5.08. The largest absolute Gasteiger partial charge is 0.325 e. The lowest BCUT2D eigenvalue weighted by molar-refractivity contribution is -0.117. The van der Waals surface area contributed by atoms with E-state index >= 15 is 0 Å². The lowest BCUT2D eigenvalue weighted by Gasteiger charge is -2.08. The van der Waals surface area contributed by atoms with Gasteiger partial charge in [0.05, 0.1) is 5.69 Å². The van der Waals surface area contributed by atoms with Crippen molar-refractivity contribution in [2.75, 3.05) is 5.32 Å². The molecule has 0 spiro atoms. The molecule has 1 aliphatic carbocycles. The van der Waals surface area contributed by atoms with Gasteiger partial charge in [-0.1, -0.05) is 0 Å². The van der Waals surface area contributed by atoms with E-state index in [0.717, 1.165) is 18.2 Å². The van der Waals surface area contributed by atoms with Gasteiger partial charge in [-0.2, -0.15) is 0 Å². The average Bonchev–Trinajstić information content (AvgIpc) is 3.12. The third-order valence-corrected chi connectivity index (χ3v) is 2.92. The summed E-state index contributed by atoms with van der Waals surface area (Å²) in [5.74, 6) is -0.277. The highest BCUT2D eigenvalue weighted by molar-refractivity contribution is 6.03. The number of fused-ring (bicyclic) bond motifs is 1. The summed E-state index contributed by atoms with van der Waals surface area (Å²) >= 11 is 0. The molecule has 0 radical (unpaired) electrons. The minimum Gasteiger partial charge on any atom is -0.325 e. The number of pyridine rings is 1. The fraction of sp³-hybridized carbons (Fsp3) is 0.231. The van der Waals surface area contributed by atoms with Gasteiger partial charge in [-0.05, 0) is 31.0 Å². The minimum atomic E-state index is -0.364. The number of halogens is 1. The summed E-state index contributed by atoms with van der Waals surface area (Å²) in [6.45, 7) is 0. The maximum atomic E-state index is 13.4. The van der Waals surface area contributed by atoms with Crippen LogP contribution in [0.4, 0.5) is 10.1 Å². The fourth-order valence-corrected chi connectivity index (χ4v) is 1.86. The Balaban J connectivity index is 2.04. The Morgan fingerprint density at radius 2 is 2.24 bits per heavy atom. The molecule has 1 saturated carbocycles. The second-order valence-electron chi connectivity index (χ2n) is 4.31. The molecule has 0 atom stereocenters. The predicted octanol–water partition coefficient (Wildman–Crippen LogP) is 2.72. The van der Waals surface area contributed by atoms with E-state index in [0.29, 0.717) is 11.1 Å². The van der Waals surface area contributed by atoms with Crippen LogP contribution in [0.5, 0.6) is 0 Å². The Labute approximate surface area is 97.7 Å². The number of aromatic nitrogens is 1. The average molecular weight is 230 g/mol. The summed E-state index contributed by atoms with van der Waals surface area (Å²) in [6, 6.07) is 4.54. The first-order chi connectivity index (χ1) is 8.24. The molecule has 4 heteroatoms. The molecule has 3 rings (SSSR count). The third-order valence-electron chi connectivity index (χ3n) is 2.92. The molecule has 1 aromatic heterocycles. The minimum absolute atomic E-state index is 0.0197. The van der Waals surface area contributed by atoms with Gasteiger partial charge in [0.15, 0.2) is 0 Å². The molecule has 0 bridgehead atoms. The van der Waals surface area contributed by atoms with Crippen molar-refractivity contribution in [3.05, 3.63) is 36.4 Å². The van der Waals surface area contributed by atoms with Gasteiger partial charge in [-0.25, -0.2) is 4.39 Å². The van der Waals surface area contributed by atoms with Crippen molar-refractivity contribution in [2.24, 2.45) is 5.92 Å². The summed E-state index contributed by atoms with van der Waals surface area (Å²) in [4.78, 5) is 15.6. The first-order valence-corrected chi connectivity index (χ1v) is 5.58. The number of nitrogens with zero attached hydrogens (tertiary/aromatic N) is 1. The number of anilines is 1. The maximum Gasteiger partial charge on any atom is 0.227 e. The highest BCUT2D eigenvalue weighted by Crippen LogP contribution is 2.31. The normalized spacial score (nSPS) is 14.9. The smallest absolute Gasteiger partial charge is 0.227 e. The van der Waals surface area contributed by atoms with Crippen LogP contribution >= 0.6 is 0 Å². The molecule has 1 aromatic carbocycles. The van der Waals surface area contributed by atoms with Gasteiger partial charge in [0.1, 0.15) is 5.82 Å². The summed E-state index contributed by atoms with van der Waals surface area (Å²) in [5.41, 5.74) is 0.527. The third kappa shape index (κ3) is 1.98. The Hall–Kier alpha value is -1.97. The second-order valence-corrected chi connectivity index (χ2v) is 4.31. The lowest BCUT2D eigenvalue weighted by Crippen LogP contribution is -2.13. The molecule has 17 heavy (non-hydrogen) atoms. The second kappa shape index (κ2) is 3.80. The van der Waals surface area contributed by atoms with Gasteiger partial charge >= 0.3 is 0 Å². The van der Waals surface area contributed by atoms with E-state index in [1.54, 1.807) is 18.5 Å². The molecule has 1 heterocycles. The van der Waals surface area contributed by atoms with Gasteiger partial charge in [0, 0.05) is 29.1 Å². The topological polar surface area (TPSA) is 42.0 Å². The summed E-state index contributed by atoms with van der Waals surface area (Å²) < 4.78 is 13.4. The van der Waals surface area contributed by atoms with Crippen LogP contribution in [0.1, 0.15) is 12.8 Å². The Bertz CT molecular complexity index is 593. The van der Waals surface area contributed by atoms with Crippen LogP contribution in [0.2, 0.25) is 0 Å². The molecule has 3 nitrogen and oxygen atoms in total. The molecule has 0 unspecified atom stereocenters. The molecule has 1 fully saturated rings. The quantitative estimate of drug-likeness (QED) is 0.861. The van der Waals surface area contributed by atoms with Crippen molar-refractivity contribution in [2.45, 2.75) is 12.8 Å². The van der Waals surface area contributed by atoms with Crippen LogP contribution in [0.3, 0.4) is 0 Å². The first-order valence-electron chi connectivity index (χ1n) is 5.58. The van der Waals surface area contributed by atoms with Crippen molar-refractivity contribution < 1.29 is 9.18 Å². The lowest BCUT2D eigenvalue weighted by atomic mass is 10.1. The van der Waals surface area contributed by atoms with E-state index in [9.17, 15) is 9.18 Å². The van der Waals surface area contributed by atoms with E-state index in [1.807, 2.05) is 0 Å². The van der Waals surface area contributed by atoms with E-state index in [-0.39, 0.29) is 17.6 Å². The first kappa shape index (κ1) is 10.2. The number of nitrogens with one attached hydrogen (secondary N) is 1. The number of hydrogen-bond acceptors (Lipinski definition) is 2. The van der Waals surface area contributed by atoms with Crippen LogP contribution in [0.25, 0.3) is 10.8 Å². The molecule has 0 saturated heterocycles. The zero-order valence-electron chi connectivity index (χ0n) is 9.11. The SMILES string of the molecule is O=C(Nc1cc(F)cc2cnccc12)C1CC1. The zero-order valence-corrected chi connectivity index (χ0v) is 9.11. The maximum absolute atomic E-state index is 13.4. The van der Waals surface area contributed by atoms with Crippen LogP contribution in [0, 0.1) is 11.7 Å². The number of carbonyl (C=O) groups excluding carboxylic acids is 1. The molecule has 1 amide bonds. The van der Waals surface area contributed by atoms with E-state index in [1.165, 1.54) is 12.1 Å². The fourth-order valence-electron chi connectivity index (χ4n) is 1.86. The van der Waals surface area contributed by atoms with Crippen molar-refractivity contribution in [1.29, 1.82) is 0 Å². The number of rotatable bonds is 2. The Kier molecular flexibility index (Phi) is 2.28. The van der Waals surface area contributed by atoms with Crippen LogP contribution < -0.4 is 5.32 Å². The van der Waals surface area contributed by atoms with E-state index in [2.05, 4.69) is 10.3 Å². The summed E-state index contributed by atoms with van der Waals surface area (Å²) in [7, 11) is 0. The standard InChI is InChI=1S/C13H11FN2O/c14-10-5-9-7-15-4-3-11(9)12(6-10)16-13(17)8-1-2-8/h3-8H,1-2H2,(H,16,17). The molecule has 0 aliphatic heterocycles. The molecule has 1 aliphatic rings. The number of hydrogen-bond donors (Lipinski definition) is 1. The molecule has 1 N–H and O–H groups in total. The van der Waals surface area contributed by atoms with Crippen molar-refractivity contribution in [3.8, 4) is 0 Å². The number of amides is 1. The van der Waals surface area contributed by atoms with Crippen LogP contribution in [-0.4, -0.2) is 10.9 Å². The van der Waals surface area contributed by atoms with Crippen molar-refractivity contribution >= 4 is 22.4 Å². The van der Waals surface area contributed by atoms with Crippen LogP contribution in [-0.2, 0) is 4.79 Å². The monoisotopic (exact) mass is 230 g/mol. The number of benzene rings is 1. The highest BCUT2D eigenvalue weighted by Gasteiger charge is 2.29. The van der Waals surface area contributed by atoms with E-state index in [4.69, 9.17) is 0 Å². The molecule has 86 valence electrons. The number of carbonyl (C=O) groups is 1. The Morgan fingerprint density at radius 3 is 3.00 bits per heavy atom. The predicted molar refractivity (Wildman–Crippen MR) is 63.1 cm³/mol. The Morgan fingerprint density at radius 1 is 1.41 bits per heavy atom. The van der Waals surface area contributed by atoms with Crippen molar-refractivity contribution in [1.82, 2.24) is 4.98 Å². The zero-order chi connectivity index (χ0) is 11.8. The molecular formula is C13H11FN2O. The van der Waals surface area contributed by atoms with Gasteiger partial charge < -0.3 is 5.32 Å². The van der Waals surface area contributed by atoms with Gasteiger partial charge in [-0.3, -0.25) is 9.78 Å². The van der Waals surface area contributed by atoms with Crippen LogP contribution in [0.15, 0.2) is 30.6 Å². The highest BCUT2D eigenvalue weighted by atomic mass is 19.1.